The van der Waals surface area contributed by atoms with E-state index in [0.717, 1.165) is 5.56 Å². The van der Waals surface area contributed by atoms with E-state index in [1.165, 1.54) is 37.2 Å². The summed E-state index contributed by atoms with van der Waals surface area (Å²) in [4.78, 5) is 24.5. The van der Waals surface area contributed by atoms with E-state index < -0.39 is 5.91 Å². The number of amides is 2. The zero-order valence-corrected chi connectivity index (χ0v) is 17.1. The van der Waals surface area contributed by atoms with Gasteiger partial charge in [0.1, 0.15) is 5.82 Å². The molecule has 0 aliphatic carbocycles. The average molecular weight is 427 g/mol. The van der Waals surface area contributed by atoms with Crippen LogP contribution < -0.4 is 20.1 Å². The van der Waals surface area contributed by atoms with Gasteiger partial charge in [0.05, 0.1) is 27.0 Å². The third-order valence-electron chi connectivity index (χ3n) is 4.41. The van der Waals surface area contributed by atoms with Gasteiger partial charge in [0.2, 0.25) is 0 Å². The monoisotopic (exact) mass is 427 g/mol. The second-order valence-corrected chi connectivity index (χ2v) is 6.50. The van der Waals surface area contributed by atoms with E-state index in [9.17, 15) is 14.0 Å². The van der Waals surface area contributed by atoms with Crippen molar-refractivity contribution in [1.82, 2.24) is 25.6 Å². The number of carbonyl (C=O) groups excluding carboxylic acids is 2. The van der Waals surface area contributed by atoms with Crippen LogP contribution in [0.25, 0.3) is 0 Å². The number of nitrogens with zero attached hydrogens (tertiary/aromatic N) is 3. The number of ether oxygens (including phenoxy) is 2. The fourth-order valence-corrected chi connectivity index (χ4v) is 2.75. The summed E-state index contributed by atoms with van der Waals surface area (Å²) in [6.45, 7) is 0.859. The first-order valence-corrected chi connectivity index (χ1v) is 9.43. The van der Waals surface area contributed by atoms with E-state index in [1.807, 2.05) is 0 Å². The summed E-state index contributed by atoms with van der Waals surface area (Å²) in [5.41, 5.74) is 1.34. The topological polar surface area (TPSA) is 107 Å². The zero-order chi connectivity index (χ0) is 22.2. The Bertz CT molecular complexity index is 1050. The maximum Gasteiger partial charge on any atom is 0.273 e. The lowest BCUT2D eigenvalue weighted by Gasteiger charge is -2.10. The van der Waals surface area contributed by atoms with Crippen molar-refractivity contribution in [3.63, 3.8) is 0 Å². The van der Waals surface area contributed by atoms with Crippen LogP contribution >= 0.6 is 0 Å². The molecule has 162 valence electrons. The fourth-order valence-electron chi connectivity index (χ4n) is 2.75. The van der Waals surface area contributed by atoms with Gasteiger partial charge in [-0.05, 0) is 35.9 Å². The lowest BCUT2D eigenvalue weighted by Crippen LogP contribution is -2.27. The molecule has 0 bridgehead atoms. The molecule has 0 spiro atoms. The Balaban J connectivity index is 1.48. The van der Waals surface area contributed by atoms with Crippen molar-refractivity contribution in [2.45, 2.75) is 13.1 Å². The number of hydrogen-bond donors (Lipinski definition) is 2. The molecular weight excluding hydrogens is 405 g/mol. The van der Waals surface area contributed by atoms with Crippen molar-refractivity contribution in [3.05, 3.63) is 71.3 Å². The normalized spacial score (nSPS) is 10.4. The number of carbonyl (C=O) groups is 2. The molecule has 0 fully saturated rings. The number of rotatable bonds is 9. The second kappa shape index (κ2) is 10.2. The smallest absolute Gasteiger partial charge is 0.273 e. The van der Waals surface area contributed by atoms with E-state index in [4.69, 9.17) is 9.47 Å². The molecule has 0 aliphatic heterocycles. The summed E-state index contributed by atoms with van der Waals surface area (Å²) in [7, 11) is 3.02. The van der Waals surface area contributed by atoms with Crippen LogP contribution in [0.4, 0.5) is 4.39 Å². The molecule has 1 heterocycles. The number of aromatic nitrogens is 3. The molecule has 3 rings (SSSR count). The van der Waals surface area contributed by atoms with Crippen LogP contribution in [0.15, 0.2) is 48.7 Å². The highest BCUT2D eigenvalue weighted by molar-refractivity contribution is 5.94. The summed E-state index contributed by atoms with van der Waals surface area (Å²) in [6.07, 6.45) is 1.49. The lowest BCUT2D eigenvalue weighted by molar-refractivity contribution is 0.0939. The summed E-state index contributed by atoms with van der Waals surface area (Å²) >= 11 is 0. The van der Waals surface area contributed by atoms with Gasteiger partial charge in [-0.25, -0.2) is 9.07 Å². The highest BCUT2D eigenvalue weighted by Gasteiger charge is 2.12. The molecule has 1 aromatic heterocycles. The number of benzene rings is 2. The van der Waals surface area contributed by atoms with Gasteiger partial charge in [0, 0.05) is 18.7 Å². The molecule has 0 radical (unpaired) electrons. The molecule has 0 saturated carbocycles. The maximum atomic E-state index is 12.9. The molecule has 0 aliphatic rings. The predicted molar refractivity (Wildman–Crippen MR) is 109 cm³/mol. The summed E-state index contributed by atoms with van der Waals surface area (Å²) in [6, 6.07) is 10.7. The first-order chi connectivity index (χ1) is 15.0. The highest BCUT2D eigenvalue weighted by Crippen LogP contribution is 2.27. The minimum atomic E-state index is -0.398. The van der Waals surface area contributed by atoms with E-state index in [-0.39, 0.29) is 30.5 Å². The van der Waals surface area contributed by atoms with Gasteiger partial charge >= 0.3 is 0 Å². The molecule has 2 N–H and O–H groups in total. The second-order valence-electron chi connectivity index (χ2n) is 6.50. The van der Waals surface area contributed by atoms with Crippen LogP contribution in [0.3, 0.4) is 0 Å². The zero-order valence-electron chi connectivity index (χ0n) is 17.1. The van der Waals surface area contributed by atoms with Crippen LogP contribution in [0.5, 0.6) is 11.5 Å². The average Bonchev–Trinajstić information content (AvgIpc) is 3.27. The number of nitrogens with one attached hydrogen (secondary N) is 2. The number of methoxy groups -OCH3 is 2. The van der Waals surface area contributed by atoms with Crippen LogP contribution in [-0.4, -0.2) is 47.6 Å². The SMILES string of the molecule is COc1ccc(C(=O)NCCn2cc(C(=O)NCc3ccc(F)cc3)nn2)cc1OC. The van der Waals surface area contributed by atoms with Gasteiger partial charge < -0.3 is 20.1 Å². The highest BCUT2D eigenvalue weighted by atomic mass is 19.1. The molecule has 2 aromatic carbocycles. The first kappa shape index (κ1) is 21.8. The lowest BCUT2D eigenvalue weighted by atomic mass is 10.2. The first-order valence-electron chi connectivity index (χ1n) is 9.43. The van der Waals surface area contributed by atoms with Gasteiger partial charge in [-0.15, -0.1) is 5.10 Å². The Morgan fingerprint density at radius 2 is 1.74 bits per heavy atom. The van der Waals surface area contributed by atoms with E-state index in [2.05, 4.69) is 20.9 Å². The van der Waals surface area contributed by atoms with Crippen LogP contribution in [-0.2, 0) is 13.1 Å². The van der Waals surface area contributed by atoms with Crippen molar-refractivity contribution in [2.75, 3.05) is 20.8 Å². The Morgan fingerprint density at radius 3 is 2.45 bits per heavy atom. The minimum Gasteiger partial charge on any atom is -0.493 e. The molecule has 3 aromatic rings. The van der Waals surface area contributed by atoms with Crippen LogP contribution in [0, 0.1) is 5.82 Å². The van der Waals surface area contributed by atoms with Gasteiger partial charge in [0.15, 0.2) is 17.2 Å². The van der Waals surface area contributed by atoms with E-state index in [0.29, 0.717) is 23.6 Å². The molecule has 0 atom stereocenters. The van der Waals surface area contributed by atoms with E-state index >= 15 is 0 Å². The Hall–Kier alpha value is -3.95. The fraction of sp³-hybridized carbons (Fsp3) is 0.238. The molecule has 0 saturated heterocycles. The molecule has 2 amide bonds. The third kappa shape index (κ3) is 5.78. The number of halogens is 1. The van der Waals surface area contributed by atoms with Gasteiger partial charge in [0.25, 0.3) is 11.8 Å². The Kier molecular flexibility index (Phi) is 7.15. The standard InChI is InChI=1S/C21H22FN5O4/c1-30-18-8-5-15(11-19(18)31-2)20(28)23-9-10-27-13-17(25-26-27)21(29)24-12-14-3-6-16(22)7-4-14/h3-8,11,13H,9-10,12H2,1-2H3,(H,23,28)(H,24,29). The van der Waals surface area contributed by atoms with Crippen LogP contribution in [0.1, 0.15) is 26.4 Å². The number of hydrogen-bond acceptors (Lipinski definition) is 6. The third-order valence-corrected chi connectivity index (χ3v) is 4.41. The largest absolute Gasteiger partial charge is 0.493 e. The van der Waals surface area contributed by atoms with Crippen molar-refractivity contribution in [2.24, 2.45) is 0 Å². The van der Waals surface area contributed by atoms with Gasteiger partial charge in [-0.3, -0.25) is 9.59 Å². The molecule has 0 unspecified atom stereocenters. The predicted octanol–water partition coefficient (Wildman–Crippen LogP) is 1.79. The minimum absolute atomic E-state index is 0.147. The Morgan fingerprint density at radius 1 is 1.00 bits per heavy atom. The van der Waals surface area contributed by atoms with E-state index in [1.54, 1.807) is 30.3 Å². The van der Waals surface area contributed by atoms with Gasteiger partial charge in [-0.2, -0.15) is 0 Å². The molecule has 31 heavy (non-hydrogen) atoms. The van der Waals surface area contributed by atoms with Crippen molar-refractivity contribution in [1.29, 1.82) is 0 Å². The molecule has 10 heteroatoms. The van der Waals surface area contributed by atoms with Gasteiger partial charge in [-0.1, -0.05) is 17.3 Å². The van der Waals surface area contributed by atoms with Crippen LogP contribution in [0.2, 0.25) is 0 Å². The maximum absolute atomic E-state index is 12.9. The molecule has 9 nitrogen and oxygen atoms in total. The quantitative estimate of drug-likeness (QED) is 0.539. The summed E-state index contributed by atoms with van der Waals surface area (Å²) < 4.78 is 24.7. The summed E-state index contributed by atoms with van der Waals surface area (Å²) in [5, 5.41) is 13.2. The van der Waals surface area contributed by atoms with Crippen molar-refractivity contribution < 1.29 is 23.5 Å². The van der Waals surface area contributed by atoms with Crippen molar-refractivity contribution >= 4 is 11.8 Å². The summed E-state index contributed by atoms with van der Waals surface area (Å²) in [5.74, 6) is -0.0193. The van der Waals surface area contributed by atoms with Crippen molar-refractivity contribution in [3.8, 4) is 11.5 Å². The Labute approximate surface area is 178 Å². The molecular formula is C21H22FN5O4.